The van der Waals surface area contributed by atoms with Crippen molar-refractivity contribution < 1.29 is 13.2 Å². The van der Waals surface area contributed by atoms with Crippen LogP contribution in [0.3, 0.4) is 0 Å². The van der Waals surface area contributed by atoms with Gasteiger partial charge in [-0.1, -0.05) is 18.2 Å². The number of carbonyl (C=O) groups excluding carboxylic acids is 1. The normalized spacial score (nSPS) is 18.3. The van der Waals surface area contributed by atoms with E-state index in [9.17, 15) is 13.2 Å². The summed E-state index contributed by atoms with van der Waals surface area (Å²) in [6, 6.07) is 10.5. The first-order valence-corrected chi connectivity index (χ1v) is 11.1. The molecular weight excluding hydrogens is 376 g/mol. The molecule has 0 radical (unpaired) electrons. The van der Waals surface area contributed by atoms with Crippen molar-refractivity contribution in [3.63, 3.8) is 0 Å². The molecule has 8 heteroatoms. The van der Waals surface area contributed by atoms with E-state index >= 15 is 0 Å². The Morgan fingerprint density at radius 1 is 1.24 bits per heavy atom. The van der Waals surface area contributed by atoms with Crippen molar-refractivity contribution in [1.82, 2.24) is 9.62 Å². The lowest BCUT2D eigenvalue weighted by Crippen LogP contribution is -2.41. The van der Waals surface area contributed by atoms with Gasteiger partial charge in [0.25, 0.3) is 10.0 Å². The van der Waals surface area contributed by atoms with Gasteiger partial charge in [-0.25, -0.2) is 8.42 Å². The SMILES string of the molecule is O=C1[C@@H](NS(=O)(=O)c2cc3ccccc3s2)CCN1Cc1ccsc1. The Hall–Kier alpha value is -1.74. The monoisotopic (exact) mass is 392 g/mol. The fourth-order valence-electron chi connectivity index (χ4n) is 2.94. The highest BCUT2D eigenvalue weighted by molar-refractivity contribution is 7.91. The molecule has 0 spiro atoms. The number of likely N-dealkylation sites (tertiary alicyclic amines) is 1. The van der Waals surface area contributed by atoms with Crippen molar-refractivity contribution in [3.05, 3.63) is 52.7 Å². The molecule has 5 nitrogen and oxygen atoms in total. The van der Waals surface area contributed by atoms with Crippen LogP contribution in [0.5, 0.6) is 0 Å². The molecule has 2 aromatic heterocycles. The lowest BCUT2D eigenvalue weighted by molar-refractivity contribution is -0.129. The molecule has 1 aliphatic heterocycles. The quantitative estimate of drug-likeness (QED) is 0.726. The second-order valence-electron chi connectivity index (χ2n) is 5.96. The highest BCUT2D eigenvalue weighted by Crippen LogP contribution is 2.29. The second kappa shape index (κ2) is 6.53. The van der Waals surface area contributed by atoms with Gasteiger partial charge in [-0.2, -0.15) is 16.1 Å². The third-order valence-electron chi connectivity index (χ3n) is 4.22. The number of hydrogen-bond donors (Lipinski definition) is 1. The summed E-state index contributed by atoms with van der Waals surface area (Å²) in [5.41, 5.74) is 1.08. The van der Waals surface area contributed by atoms with Crippen molar-refractivity contribution in [2.75, 3.05) is 6.54 Å². The van der Waals surface area contributed by atoms with E-state index < -0.39 is 16.1 Å². The number of nitrogens with one attached hydrogen (secondary N) is 1. The van der Waals surface area contributed by atoms with Gasteiger partial charge in [-0.3, -0.25) is 4.79 Å². The summed E-state index contributed by atoms with van der Waals surface area (Å²) in [7, 11) is -3.70. The van der Waals surface area contributed by atoms with Gasteiger partial charge >= 0.3 is 0 Å². The third kappa shape index (κ3) is 3.35. The van der Waals surface area contributed by atoms with E-state index in [-0.39, 0.29) is 10.1 Å². The minimum absolute atomic E-state index is 0.157. The Bertz CT molecular complexity index is 976. The van der Waals surface area contributed by atoms with Crippen LogP contribution in [-0.4, -0.2) is 31.8 Å². The molecule has 1 amide bonds. The smallest absolute Gasteiger partial charge is 0.250 e. The van der Waals surface area contributed by atoms with E-state index in [1.54, 1.807) is 22.3 Å². The highest BCUT2D eigenvalue weighted by Gasteiger charge is 2.35. The summed E-state index contributed by atoms with van der Waals surface area (Å²) in [5, 5.41) is 4.86. The summed E-state index contributed by atoms with van der Waals surface area (Å²) < 4.78 is 29.1. The number of nitrogens with zero attached hydrogens (tertiary/aromatic N) is 1. The Balaban J connectivity index is 1.50. The summed E-state index contributed by atoms with van der Waals surface area (Å²) in [4.78, 5) is 14.2. The van der Waals surface area contributed by atoms with Gasteiger partial charge in [-0.05, 0) is 46.3 Å². The Morgan fingerprint density at radius 3 is 2.84 bits per heavy atom. The van der Waals surface area contributed by atoms with E-state index in [1.807, 2.05) is 41.1 Å². The summed E-state index contributed by atoms with van der Waals surface area (Å²) in [6.07, 6.45) is 0.493. The first-order valence-electron chi connectivity index (χ1n) is 7.84. The molecule has 3 aromatic rings. The third-order valence-corrected chi connectivity index (χ3v) is 8.01. The molecule has 1 saturated heterocycles. The zero-order valence-corrected chi connectivity index (χ0v) is 15.7. The Kier molecular flexibility index (Phi) is 4.36. The van der Waals surface area contributed by atoms with Crippen molar-refractivity contribution >= 4 is 48.7 Å². The zero-order valence-electron chi connectivity index (χ0n) is 13.2. The highest BCUT2D eigenvalue weighted by atomic mass is 32.2. The summed E-state index contributed by atoms with van der Waals surface area (Å²) >= 11 is 2.81. The molecule has 1 aliphatic rings. The largest absolute Gasteiger partial charge is 0.337 e. The Labute approximate surface area is 154 Å². The fourth-order valence-corrected chi connectivity index (χ4v) is 6.24. The average Bonchev–Trinajstić information content (AvgIpc) is 3.31. The number of hydrogen-bond acceptors (Lipinski definition) is 5. The molecule has 0 saturated carbocycles. The number of fused-ring (bicyclic) bond motifs is 1. The van der Waals surface area contributed by atoms with Crippen LogP contribution >= 0.6 is 22.7 Å². The lowest BCUT2D eigenvalue weighted by atomic mass is 10.3. The van der Waals surface area contributed by atoms with Crippen molar-refractivity contribution in [2.45, 2.75) is 23.2 Å². The van der Waals surface area contributed by atoms with E-state index in [0.29, 0.717) is 19.5 Å². The van der Waals surface area contributed by atoms with Gasteiger partial charge in [0.1, 0.15) is 10.3 Å². The van der Waals surface area contributed by atoms with E-state index in [4.69, 9.17) is 0 Å². The summed E-state index contributed by atoms with van der Waals surface area (Å²) in [6.45, 7) is 1.09. The number of thiophene rings is 2. The lowest BCUT2D eigenvalue weighted by Gasteiger charge is -2.16. The molecule has 3 heterocycles. The number of rotatable bonds is 5. The zero-order chi connectivity index (χ0) is 17.4. The maximum atomic E-state index is 12.7. The average molecular weight is 393 g/mol. The predicted molar refractivity (Wildman–Crippen MR) is 100 cm³/mol. The van der Waals surface area contributed by atoms with Gasteiger partial charge in [0, 0.05) is 17.8 Å². The van der Waals surface area contributed by atoms with Crippen molar-refractivity contribution in [1.29, 1.82) is 0 Å². The van der Waals surface area contributed by atoms with Crippen LogP contribution in [0, 0.1) is 0 Å². The maximum Gasteiger partial charge on any atom is 0.250 e. The van der Waals surface area contributed by atoms with Gasteiger partial charge in [0.15, 0.2) is 0 Å². The van der Waals surface area contributed by atoms with Crippen LogP contribution in [0.1, 0.15) is 12.0 Å². The minimum atomic E-state index is -3.70. The van der Waals surface area contributed by atoms with Gasteiger partial charge in [0.2, 0.25) is 5.91 Å². The fraction of sp³-hybridized carbons (Fsp3) is 0.235. The van der Waals surface area contributed by atoms with Crippen LogP contribution in [-0.2, 0) is 21.4 Å². The van der Waals surface area contributed by atoms with Gasteiger partial charge < -0.3 is 4.90 Å². The van der Waals surface area contributed by atoms with Gasteiger partial charge in [-0.15, -0.1) is 11.3 Å². The van der Waals surface area contributed by atoms with Crippen LogP contribution in [0.2, 0.25) is 0 Å². The Morgan fingerprint density at radius 2 is 2.08 bits per heavy atom. The van der Waals surface area contributed by atoms with Crippen molar-refractivity contribution in [3.8, 4) is 0 Å². The first-order chi connectivity index (χ1) is 12.0. The molecule has 1 N–H and O–H groups in total. The van der Waals surface area contributed by atoms with Crippen LogP contribution < -0.4 is 4.72 Å². The molecule has 0 unspecified atom stereocenters. The summed E-state index contributed by atoms with van der Waals surface area (Å²) in [5.74, 6) is -0.157. The van der Waals surface area contributed by atoms with E-state index in [0.717, 1.165) is 15.6 Å². The van der Waals surface area contributed by atoms with E-state index in [2.05, 4.69) is 4.72 Å². The molecular formula is C17H16N2O3S3. The van der Waals surface area contributed by atoms with Crippen LogP contribution in [0.25, 0.3) is 10.1 Å². The number of benzene rings is 1. The molecule has 1 fully saturated rings. The molecule has 1 atom stereocenters. The first kappa shape index (κ1) is 16.7. The molecule has 1 aromatic carbocycles. The molecule has 0 bridgehead atoms. The van der Waals surface area contributed by atoms with Gasteiger partial charge in [0.05, 0.1) is 0 Å². The maximum absolute atomic E-state index is 12.7. The topological polar surface area (TPSA) is 66.5 Å². The number of carbonyl (C=O) groups is 1. The molecule has 130 valence electrons. The van der Waals surface area contributed by atoms with E-state index in [1.165, 1.54) is 11.3 Å². The molecule has 0 aliphatic carbocycles. The molecule has 4 rings (SSSR count). The standard InChI is InChI=1S/C17H16N2O3S3/c20-17-14(5-7-19(17)10-12-6-8-23-11-12)18-25(21,22)16-9-13-3-1-2-4-15(13)24-16/h1-4,6,8-9,11,14,18H,5,7,10H2/t14-/m0/s1. The van der Waals surface area contributed by atoms with Crippen molar-refractivity contribution in [2.24, 2.45) is 0 Å². The number of sulfonamides is 1. The minimum Gasteiger partial charge on any atom is -0.337 e. The molecule has 25 heavy (non-hydrogen) atoms. The van der Waals surface area contributed by atoms with Crippen LogP contribution in [0.4, 0.5) is 0 Å². The predicted octanol–water partition coefficient (Wildman–Crippen LogP) is 3.04. The second-order valence-corrected chi connectivity index (χ2v) is 9.76. The number of amides is 1. The van der Waals surface area contributed by atoms with Crippen LogP contribution in [0.15, 0.2) is 51.4 Å².